The van der Waals surface area contributed by atoms with Gasteiger partial charge in [-0.25, -0.2) is 4.98 Å². The van der Waals surface area contributed by atoms with Crippen molar-refractivity contribution in [3.63, 3.8) is 0 Å². The summed E-state index contributed by atoms with van der Waals surface area (Å²) < 4.78 is 5.36. The van der Waals surface area contributed by atoms with Gasteiger partial charge in [-0.05, 0) is 56.0 Å². The lowest BCUT2D eigenvalue weighted by atomic mass is 9.95. The number of methoxy groups -OCH3 is 1. The van der Waals surface area contributed by atoms with Gasteiger partial charge in [0.1, 0.15) is 0 Å². The van der Waals surface area contributed by atoms with Crippen LogP contribution in [0.15, 0.2) is 48.7 Å². The van der Waals surface area contributed by atoms with Crippen LogP contribution in [0.25, 0.3) is 6.08 Å². The Hall–Kier alpha value is -2.13. The van der Waals surface area contributed by atoms with E-state index in [2.05, 4.69) is 59.3 Å². The number of allylic oxidation sites excluding steroid dienone is 1. The third-order valence-corrected chi connectivity index (χ3v) is 4.81. The number of likely N-dealkylation sites (tertiary alicyclic amines) is 1. The van der Waals surface area contributed by atoms with Crippen LogP contribution < -0.4 is 4.74 Å². The first-order valence-electron chi connectivity index (χ1n) is 8.70. The minimum absolute atomic E-state index is 0.677. The van der Waals surface area contributed by atoms with E-state index in [1.807, 2.05) is 6.07 Å². The second-order valence-electron chi connectivity index (χ2n) is 6.50. The van der Waals surface area contributed by atoms with Crippen LogP contribution >= 0.6 is 0 Å². The first kappa shape index (κ1) is 16.7. The molecule has 24 heavy (non-hydrogen) atoms. The number of hydrogen-bond donors (Lipinski definition) is 0. The Balaban J connectivity index is 1.53. The molecule has 0 N–H and O–H groups in total. The monoisotopic (exact) mass is 322 g/mol. The molecule has 2 heterocycles. The molecule has 0 unspecified atom stereocenters. The molecule has 1 aromatic heterocycles. The number of hydrogen-bond acceptors (Lipinski definition) is 3. The van der Waals surface area contributed by atoms with Crippen molar-refractivity contribution in [2.24, 2.45) is 5.92 Å². The number of nitrogens with zero attached hydrogens (tertiary/aromatic N) is 2. The molecule has 0 bridgehead atoms. The van der Waals surface area contributed by atoms with E-state index in [1.165, 1.54) is 29.5 Å². The van der Waals surface area contributed by atoms with Gasteiger partial charge in [0.05, 0.1) is 7.11 Å². The quantitative estimate of drug-likeness (QED) is 0.819. The summed E-state index contributed by atoms with van der Waals surface area (Å²) in [5.74, 6) is 1.43. The van der Waals surface area contributed by atoms with Crippen LogP contribution in [0, 0.1) is 12.8 Å². The van der Waals surface area contributed by atoms with Crippen molar-refractivity contribution < 1.29 is 4.74 Å². The molecule has 1 fully saturated rings. The van der Waals surface area contributed by atoms with Crippen molar-refractivity contribution in [2.75, 3.05) is 20.2 Å². The second kappa shape index (κ2) is 8.11. The predicted molar refractivity (Wildman–Crippen MR) is 99.0 cm³/mol. The summed E-state index contributed by atoms with van der Waals surface area (Å²) in [4.78, 5) is 6.79. The largest absolute Gasteiger partial charge is 0.481 e. The zero-order chi connectivity index (χ0) is 16.8. The maximum Gasteiger partial charge on any atom is 0.217 e. The van der Waals surface area contributed by atoms with E-state index in [-0.39, 0.29) is 0 Å². The topological polar surface area (TPSA) is 25.4 Å². The number of ether oxygens (including phenoxy) is 1. The van der Waals surface area contributed by atoms with Gasteiger partial charge in [-0.15, -0.1) is 0 Å². The van der Waals surface area contributed by atoms with Gasteiger partial charge in [0.2, 0.25) is 5.88 Å². The molecule has 3 heteroatoms. The van der Waals surface area contributed by atoms with Crippen molar-refractivity contribution in [2.45, 2.75) is 26.3 Å². The minimum Gasteiger partial charge on any atom is -0.481 e. The van der Waals surface area contributed by atoms with Crippen LogP contribution in [0.4, 0.5) is 0 Å². The van der Waals surface area contributed by atoms with Gasteiger partial charge in [-0.1, -0.05) is 42.5 Å². The lowest BCUT2D eigenvalue weighted by molar-refractivity contribution is 0.193. The highest BCUT2D eigenvalue weighted by Gasteiger charge is 2.18. The zero-order valence-electron chi connectivity index (χ0n) is 14.6. The average Bonchev–Trinajstić information content (AvgIpc) is 2.63. The van der Waals surface area contributed by atoms with E-state index in [0.717, 1.165) is 25.5 Å². The lowest BCUT2D eigenvalue weighted by Gasteiger charge is -2.30. The highest BCUT2D eigenvalue weighted by atomic mass is 16.5. The fourth-order valence-corrected chi connectivity index (χ4v) is 3.29. The van der Waals surface area contributed by atoms with Crippen molar-refractivity contribution in [1.82, 2.24) is 9.88 Å². The Kier molecular flexibility index (Phi) is 5.65. The highest BCUT2D eigenvalue weighted by molar-refractivity contribution is 5.53. The molecule has 3 rings (SSSR count). The molecule has 1 aromatic carbocycles. The van der Waals surface area contributed by atoms with Gasteiger partial charge in [-0.2, -0.15) is 0 Å². The smallest absolute Gasteiger partial charge is 0.217 e. The number of aromatic nitrogens is 1. The summed E-state index contributed by atoms with van der Waals surface area (Å²) >= 11 is 0. The number of aryl methyl sites for hydroxylation is 1. The molecule has 1 aliphatic heterocycles. The molecule has 0 radical (unpaired) electrons. The van der Waals surface area contributed by atoms with Crippen molar-refractivity contribution >= 4 is 6.08 Å². The normalized spacial score (nSPS) is 16.6. The van der Waals surface area contributed by atoms with Gasteiger partial charge < -0.3 is 4.74 Å². The van der Waals surface area contributed by atoms with Gasteiger partial charge in [0, 0.05) is 18.3 Å². The first-order valence-corrected chi connectivity index (χ1v) is 8.70. The predicted octanol–water partition coefficient (Wildman–Crippen LogP) is 4.32. The summed E-state index contributed by atoms with van der Waals surface area (Å²) in [5.41, 5.74) is 3.85. The van der Waals surface area contributed by atoms with E-state index >= 15 is 0 Å². The standard InChI is InChI=1S/C21H26N2O/c1-17-6-3-4-7-19(17)10-9-18-11-14-23(15-12-18)16-20-8-5-13-22-21(20)24-2/h3-10,13,18H,11-12,14-16H2,1-2H3/b10-9+. The summed E-state index contributed by atoms with van der Waals surface area (Å²) in [5, 5.41) is 0. The Labute approximate surface area is 145 Å². The van der Waals surface area contributed by atoms with Gasteiger partial charge in [-0.3, -0.25) is 4.90 Å². The first-order chi connectivity index (χ1) is 11.8. The Morgan fingerprint density at radius 3 is 2.71 bits per heavy atom. The van der Waals surface area contributed by atoms with Crippen LogP contribution in [0.3, 0.4) is 0 Å². The fraction of sp³-hybridized carbons (Fsp3) is 0.381. The second-order valence-corrected chi connectivity index (χ2v) is 6.50. The Morgan fingerprint density at radius 2 is 1.96 bits per heavy atom. The van der Waals surface area contributed by atoms with Crippen molar-refractivity contribution in [3.8, 4) is 5.88 Å². The molecule has 0 spiro atoms. The fourth-order valence-electron chi connectivity index (χ4n) is 3.29. The third kappa shape index (κ3) is 4.24. The molecule has 2 aromatic rings. The minimum atomic E-state index is 0.677. The summed E-state index contributed by atoms with van der Waals surface area (Å²) in [7, 11) is 1.69. The number of benzene rings is 1. The third-order valence-electron chi connectivity index (χ3n) is 4.81. The Bertz CT molecular complexity index is 688. The highest BCUT2D eigenvalue weighted by Crippen LogP contribution is 2.23. The maximum atomic E-state index is 5.36. The van der Waals surface area contributed by atoms with E-state index in [0.29, 0.717) is 5.92 Å². The molecular weight excluding hydrogens is 296 g/mol. The molecule has 1 saturated heterocycles. The molecule has 0 aliphatic carbocycles. The Morgan fingerprint density at radius 1 is 1.17 bits per heavy atom. The van der Waals surface area contributed by atoms with E-state index in [1.54, 1.807) is 13.3 Å². The average molecular weight is 322 g/mol. The van der Waals surface area contributed by atoms with Crippen LogP contribution in [-0.2, 0) is 6.54 Å². The van der Waals surface area contributed by atoms with Gasteiger partial charge in [0.25, 0.3) is 0 Å². The molecule has 3 nitrogen and oxygen atoms in total. The number of pyridine rings is 1. The molecule has 0 amide bonds. The van der Waals surface area contributed by atoms with E-state index in [9.17, 15) is 0 Å². The maximum absolute atomic E-state index is 5.36. The number of rotatable bonds is 5. The summed E-state index contributed by atoms with van der Waals surface area (Å²) in [6.45, 7) is 5.34. The molecular formula is C21H26N2O. The number of piperidine rings is 1. The van der Waals surface area contributed by atoms with Crippen LogP contribution in [0.1, 0.15) is 29.5 Å². The zero-order valence-corrected chi connectivity index (χ0v) is 14.6. The molecule has 0 atom stereocenters. The van der Waals surface area contributed by atoms with Crippen molar-refractivity contribution in [1.29, 1.82) is 0 Å². The molecule has 1 aliphatic rings. The lowest BCUT2D eigenvalue weighted by Crippen LogP contribution is -2.32. The molecule has 126 valence electrons. The summed E-state index contributed by atoms with van der Waals surface area (Å²) in [6.07, 6.45) is 8.89. The molecule has 0 saturated carbocycles. The van der Waals surface area contributed by atoms with Gasteiger partial charge >= 0.3 is 0 Å². The van der Waals surface area contributed by atoms with Crippen LogP contribution in [0.2, 0.25) is 0 Å². The summed E-state index contributed by atoms with van der Waals surface area (Å²) in [6, 6.07) is 12.7. The van der Waals surface area contributed by atoms with Crippen LogP contribution in [0.5, 0.6) is 5.88 Å². The van der Waals surface area contributed by atoms with Gasteiger partial charge in [0.15, 0.2) is 0 Å². The SMILES string of the molecule is COc1ncccc1CN1CCC(/C=C/c2ccccc2C)CC1. The van der Waals surface area contributed by atoms with E-state index in [4.69, 9.17) is 4.74 Å². The van der Waals surface area contributed by atoms with Crippen molar-refractivity contribution in [3.05, 3.63) is 65.4 Å². The van der Waals surface area contributed by atoms with E-state index < -0.39 is 0 Å². The van der Waals surface area contributed by atoms with Crippen LogP contribution in [-0.4, -0.2) is 30.1 Å².